The van der Waals surface area contributed by atoms with E-state index < -0.39 is 9.84 Å². The Balaban J connectivity index is 2.99. The number of hydrogen-bond acceptors (Lipinski definition) is 2. The van der Waals surface area contributed by atoms with Crippen molar-refractivity contribution >= 4 is 25.8 Å². The number of benzene rings is 1. The van der Waals surface area contributed by atoms with Crippen LogP contribution < -0.4 is 0 Å². The van der Waals surface area contributed by atoms with Crippen molar-refractivity contribution in [2.45, 2.75) is 18.2 Å². The van der Waals surface area contributed by atoms with Crippen molar-refractivity contribution in [2.75, 3.05) is 11.1 Å². The van der Waals surface area contributed by atoms with Gasteiger partial charge in [0.15, 0.2) is 9.84 Å². The highest BCUT2D eigenvalue weighted by Gasteiger charge is 2.15. The van der Waals surface area contributed by atoms with E-state index in [4.69, 9.17) is 0 Å². The number of rotatable bonds is 4. The molecule has 0 atom stereocenters. The number of hydrogen-bond donors (Lipinski definition) is 0. The lowest BCUT2D eigenvalue weighted by molar-refractivity contribution is 0.594. The predicted molar refractivity (Wildman–Crippen MR) is 61.6 cm³/mol. The molecular weight excluding hydrogens is 264 g/mol. The van der Waals surface area contributed by atoms with Crippen LogP contribution in [-0.4, -0.2) is 19.5 Å². The Morgan fingerprint density at radius 2 is 1.93 bits per heavy atom. The number of alkyl halides is 1. The standard InChI is InChI=1S/C10H13BrO2S/c1-9-5-2-3-6-10(9)14(12,13)8-4-7-11/h2-3,5-6H,4,7-8H2,1H3. The minimum atomic E-state index is -3.08. The molecule has 14 heavy (non-hydrogen) atoms. The van der Waals surface area contributed by atoms with Gasteiger partial charge in [-0.1, -0.05) is 34.1 Å². The third-order valence-electron chi connectivity index (χ3n) is 1.98. The SMILES string of the molecule is Cc1ccccc1S(=O)(=O)CCCBr. The van der Waals surface area contributed by atoms with Gasteiger partial charge < -0.3 is 0 Å². The van der Waals surface area contributed by atoms with Crippen molar-refractivity contribution in [3.8, 4) is 0 Å². The van der Waals surface area contributed by atoms with Gasteiger partial charge in [-0.2, -0.15) is 0 Å². The number of aryl methyl sites for hydroxylation is 1. The Bertz CT molecular complexity index is 398. The largest absolute Gasteiger partial charge is 0.224 e. The van der Waals surface area contributed by atoms with Crippen molar-refractivity contribution < 1.29 is 8.42 Å². The van der Waals surface area contributed by atoms with E-state index in [0.717, 1.165) is 10.9 Å². The second-order valence-corrected chi connectivity index (χ2v) is 6.00. The van der Waals surface area contributed by atoms with E-state index in [-0.39, 0.29) is 5.75 Å². The summed E-state index contributed by atoms with van der Waals surface area (Å²) in [5.41, 5.74) is 0.821. The van der Waals surface area contributed by atoms with Crippen LogP contribution in [0.3, 0.4) is 0 Å². The van der Waals surface area contributed by atoms with Gasteiger partial charge in [-0.05, 0) is 25.0 Å². The van der Waals surface area contributed by atoms with Gasteiger partial charge in [-0.25, -0.2) is 8.42 Å². The zero-order valence-electron chi connectivity index (χ0n) is 8.03. The van der Waals surface area contributed by atoms with Gasteiger partial charge in [0.1, 0.15) is 0 Å². The summed E-state index contributed by atoms with van der Waals surface area (Å²) in [5.74, 6) is 0.211. The van der Waals surface area contributed by atoms with Gasteiger partial charge in [0.05, 0.1) is 10.6 Å². The van der Waals surface area contributed by atoms with Crippen LogP contribution in [0.15, 0.2) is 29.2 Å². The molecule has 0 radical (unpaired) electrons. The van der Waals surface area contributed by atoms with Crippen LogP contribution in [0.1, 0.15) is 12.0 Å². The van der Waals surface area contributed by atoms with E-state index >= 15 is 0 Å². The third-order valence-corrected chi connectivity index (χ3v) is 4.49. The summed E-state index contributed by atoms with van der Waals surface area (Å²) in [5, 5.41) is 0.720. The first-order valence-corrected chi connectivity index (χ1v) is 7.19. The first kappa shape index (κ1) is 11.7. The zero-order valence-corrected chi connectivity index (χ0v) is 10.4. The smallest absolute Gasteiger partial charge is 0.178 e. The summed E-state index contributed by atoms with van der Waals surface area (Å²) < 4.78 is 23.6. The van der Waals surface area contributed by atoms with Crippen LogP contribution >= 0.6 is 15.9 Å². The maximum atomic E-state index is 11.8. The third kappa shape index (κ3) is 2.82. The average molecular weight is 277 g/mol. The minimum absolute atomic E-state index is 0.211. The first-order chi connectivity index (χ1) is 6.58. The molecule has 0 bridgehead atoms. The number of halogens is 1. The second-order valence-electron chi connectivity index (χ2n) is 3.13. The van der Waals surface area contributed by atoms with Crippen molar-refractivity contribution in [3.63, 3.8) is 0 Å². The molecule has 0 saturated carbocycles. The molecule has 0 saturated heterocycles. The fourth-order valence-electron chi connectivity index (χ4n) is 1.26. The van der Waals surface area contributed by atoms with Crippen molar-refractivity contribution in [2.24, 2.45) is 0 Å². The quantitative estimate of drug-likeness (QED) is 0.793. The lowest BCUT2D eigenvalue weighted by Crippen LogP contribution is -2.08. The fourth-order valence-corrected chi connectivity index (χ4v) is 3.50. The molecule has 78 valence electrons. The summed E-state index contributed by atoms with van der Waals surface area (Å²) in [4.78, 5) is 0.459. The van der Waals surface area contributed by atoms with Gasteiger partial charge in [-0.3, -0.25) is 0 Å². The van der Waals surface area contributed by atoms with E-state index in [9.17, 15) is 8.42 Å². The summed E-state index contributed by atoms with van der Waals surface area (Å²) in [6, 6.07) is 7.09. The Labute approximate surface area is 93.4 Å². The van der Waals surface area contributed by atoms with Gasteiger partial charge in [0.25, 0.3) is 0 Å². The van der Waals surface area contributed by atoms with E-state index in [0.29, 0.717) is 11.3 Å². The zero-order chi connectivity index (χ0) is 10.6. The Morgan fingerprint density at radius 3 is 2.50 bits per heavy atom. The van der Waals surface area contributed by atoms with Crippen molar-refractivity contribution in [3.05, 3.63) is 29.8 Å². The molecule has 0 aromatic heterocycles. The lowest BCUT2D eigenvalue weighted by atomic mass is 10.2. The maximum absolute atomic E-state index is 11.8. The fraction of sp³-hybridized carbons (Fsp3) is 0.400. The molecule has 0 N–H and O–H groups in total. The summed E-state index contributed by atoms with van der Waals surface area (Å²) in [6.45, 7) is 1.82. The molecule has 0 unspecified atom stereocenters. The normalized spacial score (nSPS) is 11.6. The van der Waals surface area contributed by atoms with Crippen LogP contribution in [0.2, 0.25) is 0 Å². The van der Waals surface area contributed by atoms with Crippen LogP contribution in [0, 0.1) is 6.92 Å². The Kier molecular flexibility index (Phi) is 4.13. The Hall–Kier alpha value is -0.350. The topological polar surface area (TPSA) is 34.1 Å². The van der Waals surface area contributed by atoms with Crippen LogP contribution in [-0.2, 0) is 9.84 Å². The number of sulfone groups is 1. The van der Waals surface area contributed by atoms with E-state index in [1.807, 2.05) is 19.1 Å². The van der Waals surface area contributed by atoms with E-state index in [1.54, 1.807) is 12.1 Å². The molecular formula is C10H13BrO2S. The molecule has 1 aromatic rings. The summed E-state index contributed by atoms with van der Waals surface area (Å²) in [6.07, 6.45) is 0.649. The molecule has 0 aliphatic rings. The highest BCUT2D eigenvalue weighted by molar-refractivity contribution is 9.09. The van der Waals surface area contributed by atoms with Gasteiger partial charge >= 0.3 is 0 Å². The molecule has 0 aliphatic heterocycles. The monoisotopic (exact) mass is 276 g/mol. The predicted octanol–water partition coefficient (Wildman–Crippen LogP) is 2.55. The van der Waals surface area contributed by atoms with E-state index in [2.05, 4.69) is 15.9 Å². The van der Waals surface area contributed by atoms with Crippen molar-refractivity contribution in [1.29, 1.82) is 0 Å². The highest BCUT2D eigenvalue weighted by atomic mass is 79.9. The lowest BCUT2D eigenvalue weighted by Gasteiger charge is -2.05. The van der Waals surface area contributed by atoms with Crippen LogP contribution in [0.25, 0.3) is 0 Å². The molecule has 0 fully saturated rings. The summed E-state index contributed by atoms with van der Waals surface area (Å²) >= 11 is 3.23. The van der Waals surface area contributed by atoms with E-state index in [1.165, 1.54) is 0 Å². The molecule has 1 aromatic carbocycles. The molecule has 0 aliphatic carbocycles. The second kappa shape index (κ2) is 4.94. The highest BCUT2D eigenvalue weighted by Crippen LogP contribution is 2.16. The molecule has 0 amide bonds. The molecule has 0 heterocycles. The van der Waals surface area contributed by atoms with Crippen molar-refractivity contribution in [1.82, 2.24) is 0 Å². The van der Waals surface area contributed by atoms with Crippen LogP contribution in [0.5, 0.6) is 0 Å². The van der Waals surface area contributed by atoms with Gasteiger partial charge in [-0.15, -0.1) is 0 Å². The minimum Gasteiger partial charge on any atom is -0.224 e. The molecule has 1 rings (SSSR count). The maximum Gasteiger partial charge on any atom is 0.178 e. The molecule has 2 nitrogen and oxygen atoms in total. The Morgan fingerprint density at radius 1 is 1.29 bits per heavy atom. The molecule has 0 spiro atoms. The van der Waals surface area contributed by atoms with Gasteiger partial charge in [0, 0.05) is 5.33 Å². The first-order valence-electron chi connectivity index (χ1n) is 4.42. The summed E-state index contributed by atoms with van der Waals surface area (Å²) in [7, 11) is -3.08. The van der Waals surface area contributed by atoms with Gasteiger partial charge in [0.2, 0.25) is 0 Å². The molecule has 4 heteroatoms. The average Bonchev–Trinajstić information content (AvgIpc) is 2.15. The van der Waals surface area contributed by atoms with Crippen LogP contribution in [0.4, 0.5) is 0 Å².